The number of hydrogen-bond donors (Lipinski definition) is 0. The molecule has 0 N–H and O–H groups in total. The van der Waals surface area contributed by atoms with Gasteiger partial charge in [0, 0.05) is 0 Å². The molecule has 0 radical (unpaired) electrons. The van der Waals surface area contributed by atoms with Gasteiger partial charge in [-0.3, -0.25) is 4.79 Å². The largest absolute Gasteiger partial charge is 0.468 e. The maximum Gasteiger partial charge on any atom is 0.327 e. The van der Waals surface area contributed by atoms with E-state index >= 15 is 0 Å². The lowest BCUT2D eigenvalue weighted by molar-refractivity contribution is -0.142. The summed E-state index contributed by atoms with van der Waals surface area (Å²) in [5.74, 6) is -1.25. The second-order valence-corrected chi connectivity index (χ2v) is 2.69. The molecular formula is C9H11NO3. The molecule has 1 heterocycles. The van der Waals surface area contributed by atoms with Gasteiger partial charge in [-0.2, -0.15) is 5.26 Å². The minimum absolute atomic E-state index is 0.477. The molecule has 1 aliphatic rings. The van der Waals surface area contributed by atoms with Crippen molar-refractivity contribution in [2.24, 2.45) is 5.92 Å². The third-order valence-electron chi connectivity index (χ3n) is 1.94. The SMILES string of the molecule is COC(=O)C(C#N)C1=CCOCC1. The number of ether oxygens (including phenoxy) is 2. The van der Waals surface area contributed by atoms with Crippen LogP contribution in [0.3, 0.4) is 0 Å². The lowest BCUT2D eigenvalue weighted by Crippen LogP contribution is -2.20. The van der Waals surface area contributed by atoms with Gasteiger partial charge in [0.25, 0.3) is 0 Å². The molecule has 0 bridgehead atoms. The Morgan fingerprint density at radius 2 is 2.62 bits per heavy atom. The first kappa shape index (κ1) is 9.75. The molecule has 0 aromatic heterocycles. The summed E-state index contributed by atoms with van der Waals surface area (Å²) in [6, 6.07) is 1.92. The van der Waals surface area contributed by atoms with Gasteiger partial charge in [-0.25, -0.2) is 0 Å². The van der Waals surface area contributed by atoms with Crippen LogP contribution < -0.4 is 0 Å². The monoisotopic (exact) mass is 181 g/mol. The fraction of sp³-hybridized carbons (Fsp3) is 0.556. The number of methoxy groups -OCH3 is 1. The summed E-state index contributed by atoms with van der Waals surface area (Å²) in [5, 5.41) is 8.75. The van der Waals surface area contributed by atoms with E-state index in [0.717, 1.165) is 5.57 Å². The van der Waals surface area contributed by atoms with E-state index in [1.54, 1.807) is 6.08 Å². The van der Waals surface area contributed by atoms with Crippen molar-refractivity contribution in [1.29, 1.82) is 5.26 Å². The molecule has 0 spiro atoms. The first-order valence-electron chi connectivity index (χ1n) is 4.03. The lowest BCUT2D eigenvalue weighted by atomic mass is 9.97. The second kappa shape index (κ2) is 4.63. The fourth-order valence-electron chi connectivity index (χ4n) is 1.21. The van der Waals surface area contributed by atoms with Crippen LogP contribution in [0, 0.1) is 17.2 Å². The van der Waals surface area contributed by atoms with Gasteiger partial charge in [0.05, 0.1) is 26.4 Å². The molecule has 1 aliphatic heterocycles. The highest BCUT2D eigenvalue weighted by atomic mass is 16.5. The van der Waals surface area contributed by atoms with E-state index in [4.69, 9.17) is 10.00 Å². The summed E-state index contributed by atoms with van der Waals surface area (Å²) in [5.41, 5.74) is 0.806. The molecule has 0 aliphatic carbocycles. The Hall–Kier alpha value is -1.34. The van der Waals surface area contributed by atoms with Crippen LogP contribution in [-0.2, 0) is 14.3 Å². The molecule has 4 nitrogen and oxygen atoms in total. The normalized spacial score (nSPS) is 18.3. The molecule has 0 aromatic carbocycles. The van der Waals surface area contributed by atoms with Crippen molar-refractivity contribution in [2.45, 2.75) is 6.42 Å². The van der Waals surface area contributed by atoms with Crippen molar-refractivity contribution in [2.75, 3.05) is 20.3 Å². The number of carbonyl (C=O) groups is 1. The molecule has 1 atom stereocenters. The smallest absolute Gasteiger partial charge is 0.327 e. The Bertz CT molecular complexity index is 265. The van der Waals surface area contributed by atoms with Crippen molar-refractivity contribution in [3.63, 3.8) is 0 Å². The number of esters is 1. The third kappa shape index (κ3) is 2.30. The van der Waals surface area contributed by atoms with E-state index in [1.807, 2.05) is 6.07 Å². The molecule has 0 fully saturated rings. The highest BCUT2D eigenvalue weighted by Crippen LogP contribution is 2.18. The van der Waals surface area contributed by atoms with Crippen molar-refractivity contribution in [3.8, 4) is 6.07 Å². The van der Waals surface area contributed by atoms with Crippen LogP contribution in [0.15, 0.2) is 11.6 Å². The highest BCUT2D eigenvalue weighted by molar-refractivity contribution is 5.78. The Labute approximate surface area is 76.7 Å². The third-order valence-corrected chi connectivity index (χ3v) is 1.94. The van der Waals surface area contributed by atoms with Gasteiger partial charge in [-0.15, -0.1) is 0 Å². The molecule has 0 amide bonds. The summed E-state index contributed by atoms with van der Waals surface area (Å²) in [6.07, 6.45) is 2.40. The molecule has 0 saturated heterocycles. The van der Waals surface area contributed by atoms with Gasteiger partial charge in [0.1, 0.15) is 0 Å². The zero-order valence-electron chi connectivity index (χ0n) is 7.45. The maximum absolute atomic E-state index is 11.1. The van der Waals surface area contributed by atoms with E-state index in [2.05, 4.69) is 4.74 Å². The molecule has 1 unspecified atom stereocenters. The molecule has 70 valence electrons. The number of carbonyl (C=O) groups excluding carboxylic acids is 1. The van der Waals surface area contributed by atoms with Crippen LogP contribution in [0.25, 0.3) is 0 Å². The van der Waals surface area contributed by atoms with Crippen LogP contribution in [0.1, 0.15) is 6.42 Å². The minimum atomic E-state index is -0.756. The van der Waals surface area contributed by atoms with Crippen LogP contribution in [0.2, 0.25) is 0 Å². The Morgan fingerprint density at radius 1 is 1.85 bits per heavy atom. The predicted octanol–water partition coefficient (Wildman–Crippen LogP) is 0.646. The van der Waals surface area contributed by atoms with E-state index in [0.29, 0.717) is 19.6 Å². The van der Waals surface area contributed by atoms with E-state index in [1.165, 1.54) is 7.11 Å². The summed E-state index contributed by atoms with van der Waals surface area (Å²) < 4.78 is 9.58. The predicted molar refractivity (Wildman–Crippen MR) is 44.6 cm³/mol. The van der Waals surface area contributed by atoms with Gasteiger partial charge in [0.15, 0.2) is 5.92 Å². The van der Waals surface area contributed by atoms with Gasteiger partial charge in [0.2, 0.25) is 0 Å². The summed E-state index contributed by atoms with van der Waals surface area (Å²) in [6.45, 7) is 1.05. The van der Waals surface area contributed by atoms with E-state index in [-0.39, 0.29) is 0 Å². The van der Waals surface area contributed by atoms with Crippen LogP contribution in [0.5, 0.6) is 0 Å². The molecule has 0 aromatic rings. The summed E-state index contributed by atoms with van der Waals surface area (Å²) >= 11 is 0. The molecule has 13 heavy (non-hydrogen) atoms. The Morgan fingerprint density at radius 3 is 3.08 bits per heavy atom. The van der Waals surface area contributed by atoms with Gasteiger partial charge in [-0.05, 0) is 12.0 Å². The average Bonchev–Trinajstić information content (AvgIpc) is 2.20. The quantitative estimate of drug-likeness (QED) is 0.463. The molecule has 0 saturated carbocycles. The second-order valence-electron chi connectivity index (χ2n) is 2.69. The fourth-order valence-corrected chi connectivity index (χ4v) is 1.21. The van der Waals surface area contributed by atoms with Crippen molar-refractivity contribution < 1.29 is 14.3 Å². The van der Waals surface area contributed by atoms with Crippen LogP contribution >= 0.6 is 0 Å². The van der Waals surface area contributed by atoms with Crippen LogP contribution in [0.4, 0.5) is 0 Å². The van der Waals surface area contributed by atoms with Crippen LogP contribution in [-0.4, -0.2) is 26.3 Å². The number of hydrogen-bond acceptors (Lipinski definition) is 4. The number of nitrogens with zero attached hydrogens (tertiary/aromatic N) is 1. The highest BCUT2D eigenvalue weighted by Gasteiger charge is 2.24. The standard InChI is InChI=1S/C9H11NO3/c1-12-9(11)8(6-10)7-2-4-13-5-3-7/h2,8H,3-5H2,1H3. The Balaban J connectivity index is 2.72. The maximum atomic E-state index is 11.1. The number of nitriles is 1. The van der Waals surface area contributed by atoms with Gasteiger partial charge in [-0.1, -0.05) is 6.08 Å². The minimum Gasteiger partial charge on any atom is -0.468 e. The average molecular weight is 181 g/mol. The number of rotatable bonds is 2. The first-order valence-corrected chi connectivity index (χ1v) is 4.03. The summed E-state index contributed by atoms with van der Waals surface area (Å²) in [7, 11) is 1.28. The summed E-state index contributed by atoms with van der Waals surface area (Å²) in [4.78, 5) is 11.1. The topological polar surface area (TPSA) is 59.3 Å². The van der Waals surface area contributed by atoms with E-state index in [9.17, 15) is 4.79 Å². The van der Waals surface area contributed by atoms with Gasteiger partial charge >= 0.3 is 5.97 Å². The van der Waals surface area contributed by atoms with Crippen molar-refractivity contribution in [1.82, 2.24) is 0 Å². The van der Waals surface area contributed by atoms with E-state index < -0.39 is 11.9 Å². The zero-order chi connectivity index (χ0) is 9.68. The molecular weight excluding hydrogens is 170 g/mol. The first-order chi connectivity index (χ1) is 6.29. The zero-order valence-corrected chi connectivity index (χ0v) is 7.45. The lowest BCUT2D eigenvalue weighted by Gasteiger charge is -2.15. The van der Waals surface area contributed by atoms with Crippen molar-refractivity contribution >= 4 is 5.97 Å². The van der Waals surface area contributed by atoms with Gasteiger partial charge < -0.3 is 9.47 Å². The Kier molecular flexibility index (Phi) is 3.47. The van der Waals surface area contributed by atoms with Crippen molar-refractivity contribution in [3.05, 3.63) is 11.6 Å². The molecule has 1 rings (SSSR count). The molecule has 4 heteroatoms.